The minimum atomic E-state index is 0.597. The molecule has 5 heteroatoms. The number of aromatic nitrogens is 4. The van der Waals surface area contributed by atoms with E-state index in [1.807, 2.05) is 6.07 Å². The van der Waals surface area contributed by atoms with Crippen LogP contribution < -0.4 is 5.73 Å². The average Bonchev–Trinajstić information content (AvgIpc) is 2.68. The van der Waals surface area contributed by atoms with Gasteiger partial charge in [-0.25, -0.2) is 4.98 Å². The number of pyridine rings is 1. The summed E-state index contributed by atoms with van der Waals surface area (Å²) in [6.45, 7) is 2.10. The number of aromatic amines is 1. The Labute approximate surface area is 87.8 Å². The van der Waals surface area contributed by atoms with Crippen LogP contribution in [-0.2, 0) is 6.42 Å². The molecular weight excluding hydrogens is 190 g/mol. The Morgan fingerprint density at radius 1 is 1.47 bits per heavy atom. The molecule has 2 heterocycles. The van der Waals surface area contributed by atoms with Gasteiger partial charge in [-0.1, -0.05) is 6.92 Å². The van der Waals surface area contributed by atoms with Crippen molar-refractivity contribution in [2.45, 2.75) is 19.8 Å². The van der Waals surface area contributed by atoms with Crippen LogP contribution in [0.4, 0.5) is 5.69 Å². The van der Waals surface area contributed by atoms with Gasteiger partial charge in [-0.2, -0.15) is 5.10 Å². The van der Waals surface area contributed by atoms with E-state index in [4.69, 9.17) is 5.73 Å². The highest BCUT2D eigenvalue weighted by molar-refractivity contribution is 5.69. The molecule has 0 amide bonds. The number of aryl methyl sites for hydroxylation is 1. The maximum absolute atomic E-state index is 5.78. The summed E-state index contributed by atoms with van der Waals surface area (Å²) >= 11 is 0. The number of rotatable bonds is 3. The first-order chi connectivity index (χ1) is 7.31. The largest absolute Gasteiger partial charge is 0.397 e. The highest BCUT2D eigenvalue weighted by Gasteiger charge is 2.07. The van der Waals surface area contributed by atoms with Crippen molar-refractivity contribution >= 4 is 5.69 Å². The Balaban J connectivity index is 2.33. The van der Waals surface area contributed by atoms with Gasteiger partial charge in [0.15, 0.2) is 5.82 Å². The van der Waals surface area contributed by atoms with Crippen LogP contribution in [0.1, 0.15) is 19.2 Å². The number of nitrogens with two attached hydrogens (primary N) is 1. The lowest BCUT2D eigenvalue weighted by Crippen LogP contribution is -1.92. The van der Waals surface area contributed by atoms with Gasteiger partial charge in [0.2, 0.25) is 0 Å². The molecule has 0 saturated heterocycles. The van der Waals surface area contributed by atoms with Crippen molar-refractivity contribution in [1.29, 1.82) is 0 Å². The van der Waals surface area contributed by atoms with Gasteiger partial charge >= 0.3 is 0 Å². The van der Waals surface area contributed by atoms with Crippen molar-refractivity contribution in [1.82, 2.24) is 20.2 Å². The Morgan fingerprint density at radius 3 is 3.07 bits per heavy atom. The molecule has 0 aliphatic rings. The maximum Gasteiger partial charge on any atom is 0.183 e. The van der Waals surface area contributed by atoms with Crippen molar-refractivity contribution in [3.05, 3.63) is 24.3 Å². The molecule has 0 unspecified atom stereocenters. The molecule has 0 saturated carbocycles. The van der Waals surface area contributed by atoms with Gasteiger partial charge in [0, 0.05) is 18.2 Å². The third-order valence-corrected chi connectivity index (χ3v) is 2.11. The van der Waals surface area contributed by atoms with Crippen LogP contribution in [-0.4, -0.2) is 20.2 Å². The number of hydrogen-bond acceptors (Lipinski definition) is 4. The zero-order chi connectivity index (χ0) is 10.7. The quantitative estimate of drug-likeness (QED) is 0.790. The van der Waals surface area contributed by atoms with E-state index in [1.54, 1.807) is 12.4 Å². The molecule has 0 fully saturated rings. The molecule has 3 N–H and O–H groups in total. The summed E-state index contributed by atoms with van der Waals surface area (Å²) in [5.41, 5.74) is 7.20. The predicted molar refractivity (Wildman–Crippen MR) is 58.0 cm³/mol. The second-order valence-electron chi connectivity index (χ2n) is 3.32. The number of anilines is 1. The Morgan fingerprint density at radius 2 is 2.33 bits per heavy atom. The minimum absolute atomic E-state index is 0.597. The summed E-state index contributed by atoms with van der Waals surface area (Å²) in [7, 11) is 0. The summed E-state index contributed by atoms with van der Waals surface area (Å²) in [5, 5.41) is 7.02. The number of nitrogens with zero attached hydrogens (tertiary/aromatic N) is 3. The first kappa shape index (κ1) is 9.64. The molecule has 0 radical (unpaired) electrons. The predicted octanol–water partition coefficient (Wildman–Crippen LogP) is 1.40. The SMILES string of the molecule is CCCc1nc(-c2ccncc2N)n[nH]1. The summed E-state index contributed by atoms with van der Waals surface area (Å²) < 4.78 is 0. The van der Waals surface area contributed by atoms with Crippen LogP contribution in [0.15, 0.2) is 18.5 Å². The molecule has 2 aromatic rings. The molecule has 0 aliphatic carbocycles. The van der Waals surface area contributed by atoms with Crippen molar-refractivity contribution in [3.63, 3.8) is 0 Å². The summed E-state index contributed by atoms with van der Waals surface area (Å²) in [4.78, 5) is 8.28. The molecular formula is C10H13N5. The van der Waals surface area contributed by atoms with E-state index in [0.717, 1.165) is 24.2 Å². The van der Waals surface area contributed by atoms with Gasteiger partial charge in [-0.15, -0.1) is 0 Å². The molecule has 0 aromatic carbocycles. The minimum Gasteiger partial charge on any atom is -0.397 e. The third-order valence-electron chi connectivity index (χ3n) is 2.11. The molecule has 0 bridgehead atoms. The number of nitrogens with one attached hydrogen (secondary N) is 1. The highest BCUT2D eigenvalue weighted by atomic mass is 15.2. The van der Waals surface area contributed by atoms with Crippen LogP contribution in [0.3, 0.4) is 0 Å². The lowest BCUT2D eigenvalue weighted by atomic mass is 10.2. The fraction of sp³-hybridized carbons (Fsp3) is 0.300. The van der Waals surface area contributed by atoms with Crippen LogP contribution >= 0.6 is 0 Å². The summed E-state index contributed by atoms with van der Waals surface area (Å²) in [5.74, 6) is 1.53. The first-order valence-corrected chi connectivity index (χ1v) is 4.92. The van der Waals surface area contributed by atoms with Gasteiger partial charge in [-0.3, -0.25) is 10.1 Å². The molecule has 2 rings (SSSR count). The van der Waals surface area contributed by atoms with E-state index in [9.17, 15) is 0 Å². The van der Waals surface area contributed by atoms with Crippen molar-refractivity contribution < 1.29 is 0 Å². The van der Waals surface area contributed by atoms with Gasteiger partial charge < -0.3 is 5.73 Å². The molecule has 78 valence electrons. The monoisotopic (exact) mass is 203 g/mol. The van der Waals surface area contributed by atoms with Gasteiger partial charge in [-0.05, 0) is 12.5 Å². The van der Waals surface area contributed by atoms with Gasteiger partial charge in [0.25, 0.3) is 0 Å². The molecule has 5 nitrogen and oxygen atoms in total. The van der Waals surface area contributed by atoms with E-state index in [-0.39, 0.29) is 0 Å². The lowest BCUT2D eigenvalue weighted by Gasteiger charge is -1.98. The van der Waals surface area contributed by atoms with E-state index in [2.05, 4.69) is 27.1 Å². The topological polar surface area (TPSA) is 80.5 Å². The fourth-order valence-corrected chi connectivity index (χ4v) is 1.37. The zero-order valence-corrected chi connectivity index (χ0v) is 8.57. The summed E-state index contributed by atoms with van der Waals surface area (Å²) in [6.07, 6.45) is 5.23. The molecule has 0 atom stereocenters. The maximum atomic E-state index is 5.78. The second-order valence-corrected chi connectivity index (χ2v) is 3.32. The normalized spacial score (nSPS) is 10.5. The van der Waals surface area contributed by atoms with E-state index in [1.165, 1.54) is 0 Å². The fourth-order valence-electron chi connectivity index (χ4n) is 1.37. The van der Waals surface area contributed by atoms with Crippen molar-refractivity contribution in [2.75, 3.05) is 5.73 Å². The van der Waals surface area contributed by atoms with Crippen LogP contribution in [0, 0.1) is 0 Å². The number of nitrogen functional groups attached to an aromatic ring is 1. The average molecular weight is 203 g/mol. The van der Waals surface area contributed by atoms with Crippen LogP contribution in [0.2, 0.25) is 0 Å². The Kier molecular flexibility index (Phi) is 2.62. The number of hydrogen-bond donors (Lipinski definition) is 2. The third kappa shape index (κ3) is 1.96. The highest BCUT2D eigenvalue weighted by Crippen LogP contribution is 2.20. The molecule has 0 spiro atoms. The van der Waals surface area contributed by atoms with Crippen LogP contribution in [0.5, 0.6) is 0 Å². The Bertz CT molecular complexity index is 449. The second kappa shape index (κ2) is 4.08. The van der Waals surface area contributed by atoms with E-state index < -0.39 is 0 Å². The molecule has 0 aliphatic heterocycles. The van der Waals surface area contributed by atoms with E-state index >= 15 is 0 Å². The van der Waals surface area contributed by atoms with Gasteiger partial charge in [0.1, 0.15) is 5.82 Å². The van der Waals surface area contributed by atoms with Crippen molar-refractivity contribution in [2.24, 2.45) is 0 Å². The lowest BCUT2D eigenvalue weighted by molar-refractivity contribution is 0.841. The zero-order valence-electron chi connectivity index (χ0n) is 8.57. The molecule has 15 heavy (non-hydrogen) atoms. The standard InChI is InChI=1S/C10H13N5/c1-2-3-9-13-10(15-14-9)7-4-5-12-6-8(7)11/h4-6H,2-3,11H2,1H3,(H,13,14,15). The number of H-pyrrole nitrogens is 1. The van der Waals surface area contributed by atoms with Crippen molar-refractivity contribution in [3.8, 4) is 11.4 Å². The smallest absolute Gasteiger partial charge is 0.183 e. The van der Waals surface area contributed by atoms with Crippen LogP contribution in [0.25, 0.3) is 11.4 Å². The van der Waals surface area contributed by atoms with E-state index in [0.29, 0.717) is 11.5 Å². The van der Waals surface area contributed by atoms with Gasteiger partial charge in [0.05, 0.1) is 11.9 Å². The first-order valence-electron chi connectivity index (χ1n) is 4.92. The Hall–Kier alpha value is -1.91. The molecule has 2 aromatic heterocycles. The summed E-state index contributed by atoms with van der Waals surface area (Å²) in [6, 6.07) is 1.81.